The molecule has 0 bridgehead atoms. The smallest absolute Gasteiger partial charge is 0.239 e. The van der Waals surface area contributed by atoms with E-state index >= 15 is 0 Å². The normalized spacial score (nSPS) is 12.1. The Kier molecular flexibility index (Phi) is 4.80. The predicted molar refractivity (Wildman–Crippen MR) is 58.2 cm³/mol. The fourth-order valence-corrected chi connectivity index (χ4v) is 1.25. The van der Waals surface area contributed by atoms with Gasteiger partial charge in [0.1, 0.15) is 6.04 Å². The van der Waals surface area contributed by atoms with Crippen LogP contribution in [0.3, 0.4) is 0 Å². The summed E-state index contributed by atoms with van der Waals surface area (Å²) in [5, 5.41) is 14.4. The van der Waals surface area contributed by atoms with E-state index in [0.29, 0.717) is 6.54 Å². The molecule has 82 valence electrons. The highest BCUT2D eigenvalue weighted by Crippen LogP contribution is 1.98. The summed E-state index contributed by atoms with van der Waals surface area (Å²) >= 11 is 0. The van der Waals surface area contributed by atoms with E-state index < -0.39 is 6.04 Å². The Morgan fingerprint density at radius 1 is 1.40 bits per heavy atom. The van der Waals surface area contributed by atoms with Gasteiger partial charge in [0.2, 0.25) is 5.91 Å². The number of aliphatic hydroxyl groups is 1. The van der Waals surface area contributed by atoms with Gasteiger partial charge in [0.15, 0.2) is 0 Å². The topological polar surface area (TPSA) is 61.4 Å². The van der Waals surface area contributed by atoms with Gasteiger partial charge in [0.05, 0.1) is 6.61 Å². The van der Waals surface area contributed by atoms with E-state index in [1.807, 2.05) is 30.3 Å². The van der Waals surface area contributed by atoms with Gasteiger partial charge >= 0.3 is 0 Å². The number of aliphatic hydroxyl groups excluding tert-OH is 1. The van der Waals surface area contributed by atoms with Gasteiger partial charge < -0.3 is 10.4 Å². The number of rotatable bonds is 5. The van der Waals surface area contributed by atoms with Crippen LogP contribution in [0.25, 0.3) is 0 Å². The van der Waals surface area contributed by atoms with Crippen molar-refractivity contribution in [3.05, 3.63) is 35.9 Å². The van der Waals surface area contributed by atoms with Crippen LogP contribution >= 0.6 is 0 Å². The van der Waals surface area contributed by atoms with Crippen LogP contribution in [-0.2, 0) is 11.3 Å². The molecule has 0 fully saturated rings. The van der Waals surface area contributed by atoms with Crippen molar-refractivity contribution in [2.45, 2.75) is 12.6 Å². The molecule has 0 heterocycles. The first-order valence-electron chi connectivity index (χ1n) is 4.87. The van der Waals surface area contributed by atoms with Crippen molar-refractivity contribution >= 4 is 5.91 Å². The fraction of sp³-hybridized carbons (Fsp3) is 0.364. The van der Waals surface area contributed by atoms with Gasteiger partial charge in [-0.1, -0.05) is 30.3 Å². The molecule has 1 amide bonds. The number of hydrogen-bond donors (Lipinski definition) is 3. The molecule has 1 rings (SSSR count). The van der Waals surface area contributed by atoms with Crippen molar-refractivity contribution < 1.29 is 9.90 Å². The molecule has 0 radical (unpaired) electrons. The summed E-state index contributed by atoms with van der Waals surface area (Å²) in [6.07, 6.45) is 0. The van der Waals surface area contributed by atoms with Crippen LogP contribution < -0.4 is 10.6 Å². The zero-order valence-electron chi connectivity index (χ0n) is 8.73. The molecule has 0 unspecified atom stereocenters. The molecule has 4 heteroatoms. The number of carbonyl (C=O) groups excluding carboxylic acids is 1. The van der Waals surface area contributed by atoms with Crippen molar-refractivity contribution in [1.82, 2.24) is 10.6 Å². The maximum atomic E-state index is 11.2. The van der Waals surface area contributed by atoms with Crippen molar-refractivity contribution in [3.63, 3.8) is 0 Å². The van der Waals surface area contributed by atoms with Crippen LogP contribution in [0.15, 0.2) is 30.3 Å². The highest BCUT2D eigenvalue weighted by molar-refractivity contribution is 5.81. The average molecular weight is 208 g/mol. The van der Waals surface area contributed by atoms with Gasteiger partial charge in [-0.3, -0.25) is 10.1 Å². The summed E-state index contributed by atoms with van der Waals surface area (Å²) in [5.41, 5.74) is 1.08. The lowest BCUT2D eigenvalue weighted by Gasteiger charge is -2.14. The van der Waals surface area contributed by atoms with E-state index in [-0.39, 0.29) is 12.5 Å². The van der Waals surface area contributed by atoms with Gasteiger partial charge in [0.25, 0.3) is 0 Å². The largest absolute Gasteiger partial charge is 0.394 e. The standard InChI is InChI=1S/C11H16N2O2/c1-12-11(15)10(8-14)13-7-9-5-3-2-4-6-9/h2-6,10,13-14H,7-8H2,1H3,(H,12,15)/t10-/m0/s1. The van der Waals surface area contributed by atoms with Crippen LogP contribution in [0.4, 0.5) is 0 Å². The van der Waals surface area contributed by atoms with Crippen molar-refractivity contribution in [2.75, 3.05) is 13.7 Å². The Labute approximate surface area is 89.3 Å². The number of benzene rings is 1. The Morgan fingerprint density at radius 2 is 2.07 bits per heavy atom. The van der Waals surface area contributed by atoms with Crippen LogP contribution in [0.5, 0.6) is 0 Å². The van der Waals surface area contributed by atoms with Gasteiger partial charge in [-0.2, -0.15) is 0 Å². The monoisotopic (exact) mass is 208 g/mol. The van der Waals surface area contributed by atoms with Crippen LogP contribution in [0, 0.1) is 0 Å². The Bertz CT molecular complexity index is 301. The fourth-order valence-electron chi connectivity index (χ4n) is 1.25. The SMILES string of the molecule is CNC(=O)[C@H](CO)NCc1ccccc1. The van der Waals surface area contributed by atoms with Gasteiger partial charge in [0, 0.05) is 13.6 Å². The Hall–Kier alpha value is -1.39. The molecule has 0 aliphatic rings. The molecule has 1 atom stereocenters. The average Bonchev–Trinajstić information content (AvgIpc) is 2.31. The number of likely N-dealkylation sites (N-methyl/N-ethyl adjacent to an activating group) is 1. The molecule has 0 aromatic heterocycles. The molecule has 0 saturated carbocycles. The summed E-state index contributed by atoms with van der Waals surface area (Å²) in [6, 6.07) is 9.19. The van der Waals surface area contributed by atoms with Crippen LogP contribution in [-0.4, -0.2) is 30.7 Å². The van der Waals surface area contributed by atoms with Gasteiger partial charge in [-0.05, 0) is 5.56 Å². The second-order valence-corrected chi connectivity index (χ2v) is 3.22. The minimum absolute atomic E-state index is 0.201. The lowest BCUT2D eigenvalue weighted by atomic mass is 10.2. The van der Waals surface area contributed by atoms with E-state index in [4.69, 9.17) is 5.11 Å². The second kappa shape index (κ2) is 6.16. The Balaban J connectivity index is 2.44. The van der Waals surface area contributed by atoms with Gasteiger partial charge in [-0.25, -0.2) is 0 Å². The molecule has 1 aromatic rings. The van der Waals surface area contributed by atoms with Crippen molar-refractivity contribution in [1.29, 1.82) is 0 Å². The third-order valence-electron chi connectivity index (χ3n) is 2.14. The van der Waals surface area contributed by atoms with Crippen LogP contribution in [0.1, 0.15) is 5.56 Å². The number of carbonyl (C=O) groups is 1. The molecule has 15 heavy (non-hydrogen) atoms. The summed E-state index contributed by atoms with van der Waals surface area (Å²) in [5.74, 6) is -0.201. The number of hydrogen-bond acceptors (Lipinski definition) is 3. The predicted octanol–water partition coefficient (Wildman–Crippen LogP) is -0.117. The molecule has 1 aromatic carbocycles. The summed E-state index contributed by atoms with van der Waals surface area (Å²) in [6.45, 7) is 0.367. The first kappa shape index (κ1) is 11.7. The zero-order valence-corrected chi connectivity index (χ0v) is 8.73. The van der Waals surface area contributed by atoms with Crippen molar-refractivity contribution in [3.8, 4) is 0 Å². The minimum atomic E-state index is -0.546. The molecule has 0 saturated heterocycles. The van der Waals surface area contributed by atoms with E-state index in [1.165, 1.54) is 0 Å². The number of amides is 1. The third kappa shape index (κ3) is 3.69. The molecule has 4 nitrogen and oxygen atoms in total. The summed E-state index contributed by atoms with van der Waals surface area (Å²) in [4.78, 5) is 11.2. The molecule has 3 N–H and O–H groups in total. The number of nitrogens with one attached hydrogen (secondary N) is 2. The van der Waals surface area contributed by atoms with E-state index in [1.54, 1.807) is 7.05 Å². The molecule has 0 aliphatic carbocycles. The molecular weight excluding hydrogens is 192 g/mol. The van der Waals surface area contributed by atoms with Crippen molar-refractivity contribution in [2.24, 2.45) is 0 Å². The maximum Gasteiger partial charge on any atom is 0.239 e. The third-order valence-corrected chi connectivity index (χ3v) is 2.14. The highest BCUT2D eigenvalue weighted by atomic mass is 16.3. The lowest BCUT2D eigenvalue weighted by Crippen LogP contribution is -2.44. The minimum Gasteiger partial charge on any atom is -0.394 e. The van der Waals surface area contributed by atoms with E-state index in [0.717, 1.165) is 5.56 Å². The van der Waals surface area contributed by atoms with Crippen LogP contribution in [0.2, 0.25) is 0 Å². The summed E-state index contributed by atoms with van der Waals surface area (Å²) < 4.78 is 0. The lowest BCUT2D eigenvalue weighted by molar-refractivity contribution is -0.123. The first-order chi connectivity index (χ1) is 7.27. The maximum absolute atomic E-state index is 11.2. The van der Waals surface area contributed by atoms with E-state index in [9.17, 15) is 4.79 Å². The summed E-state index contributed by atoms with van der Waals surface area (Å²) in [7, 11) is 1.55. The van der Waals surface area contributed by atoms with Gasteiger partial charge in [-0.15, -0.1) is 0 Å². The Morgan fingerprint density at radius 3 is 2.60 bits per heavy atom. The van der Waals surface area contributed by atoms with E-state index in [2.05, 4.69) is 10.6 Å². The molecular formula is C11H16N2O2. The molecule has 0 spiro atoms. The highest BCUT2D eigenvalue weighted by Gasteiger charge is 2.14. The second-order valence-electron chi connectivity index (χ2n) is 3.22. The molecule has 0 aliphatic heterocycles. The zero-order chi connectivity index (χ0) is 11.1. The first-order valence-corrected chi connectivity index (χ1v) is 4.87. The quantitative estimate of drug-likeness (QED) is 0.632.